The maximum absolute atomic E-state index is 12.1. The molecule has 0 fully saturated rings. The van der Waals surface area contributed by atoms with Crippen LogP contribution in [0.3, 0.4) is 0 Å². The molecule has 1 N–H and O–H groups in total. The molecule has 0 aliphatic carbocycles. The molecule has 0 spiro atoms. The first-order valence-corrected chi connectivity index (χ1v) is 8.34. The third-order valence-corrected chi connectivity index (χ3v) is 4.36. The minimum Gasteiger partial charge on any atom is -0.484 e. The number of carbonyl (C=O) groups excluding carboxylic acids is 1. The summed E-state index contributed by atoms with van der Waals surface area (Å²) >= 11 is 1.43. The minimum absolute atomic E-state index is 0.0506. The predicted molar refractivity (Wildman–Crippen MR) is 94.7 cm³/mol. The molecule has 1 amide bonds. The lowest BCUT2D eigenvalue weighted by Crippen LogP contribution is -2.20. The summed E-state index contributed by atoms with van der Waals surface area (Å²) in [6.07, 6.45) is 1.56. The van der Waals surface area contributed by atoms with Crippen LogP contribution < -0.4 is 10.1 Å². The van der Waals surface area contributed by atoms with Gasteiger partial charge in [-0.3, -0.25) is 4.79 Å². The number of hydrogen-bond acceptors (Lipinski definition) is 6. The van der Waals surface area contributed by atoms with Crippen LogP contribution in [-0.4, -0.2) is 32.3 Å². The summed E-state index contributed by atoms with van der Waals surface area (Å²) in [7, 11) is 0. The van der Waals surface area contributed by atoms with Crippen LogP contribution in [0.15, 0.2) is 60.9 Å². The molecular formula is C17H13N5O2S. The van der Waals surface area contributed by atoms with Crippen LogP contribution in [0.1, 0.15) is 0 Å². The standard InChI is InChI=1S/C17H13N5O2S/c23-15(10-24-14-7-2-1-3-8-14)19-13-6-4-5-12(9-13)16-21-22-11-18-20-17(22)25-16/h1-9,11H,10H2,(H,19,23). The number of carbonyl (C=O) groups is 1. The van der Waals surface area contributed by atoms with Crippen molar-refractivity contribution in [2.75, 3.05) is 11.9 Å². The predicted octanol–water partition coefficient (Wildman–Crippen LogP) is 2.87. The zero-order valence-corrected chi connectivity index (χ0v) is 13.8. The summed E-state index contributed by atoms with van der Waals surface area (Å²) in [6.45, 7) is -0.0506. The number of nitrogens with one attached hydrogen (secondary N) is 1. The fourth-order valence-electron chi connectivity index (χ4n) is 2.27. The van der Waals surface area contributed by atoms with Crippen LogP contribution in [0.25, 0.3) is 15.5 Å². The van der Waals surface area contributed by atoms with Crippen LogP contribution in [0.5, 0.6) is 5.75 Å². The molecule has 2 aromatic heterocycles. The van der Waals surface area contributed by atoms with Gasteiger partial charge in [-0.1, -0.05) is 41.7 Å². The second kappa shape index (κ2) is 6.70. The zero-order chi connectivity index (χ0) is 17.1. The summed E-state index contributed by atoms with van der Waals surface area (Å²) in [5.41, 5.74) is 1.59. The number of benzene rings is 2. The summed E-state index contributed by atoms with van der Waals surface area (Å²) in [5, 5.41) is 15.8. The quantitative estimate of drug-likeness (QED) is 0.598. The lowest BCUT2D eigenvalue weighted by molar-refractivity contribution is -0.118. The largest absolute Gasteiger partial charge is 0.484 e. The van der Waals surface area contributed by atoms with Gasteiger partial charge in [-0.25, -0.2) is 0 Å². The minimum atomic E-state index is -0.223. The van der Waals surface area contributed by atoms with Crippen molar-refractivity contribution in [3.05, 3.63) is 60.9 Å². The smallest absolute Gasteiger partial charge is 0.262 e. The van der Waals surface area contributed by atoms with Crippen LogP contribution in [0.2, 0.25) is 0 Å². The number of ether oxygens (including phenoxy) is 1. The van der Waals surface area contributed by atoms with Crippen molar-refractivity contribution in [3.63, 3.8) is 0 Å². The van der Waals surface area contributed by atoms with E-state index in [4.69, 9.17) is 4.74 Å². The molecular weight excluding hydrogens is 338 g/mol. The molecule has 0 saturated heterocycles. The van der Waals surface area contributed by atoms with Crippen LogP contribution in [0.4, 0.5) is 5.69 Å². The number of amides is 1. The zero-order valence-electron chi connectivity index (χ0n) is 13.0. The molecule has 0 aliphatic heterocycles. The molecule has 0 atom stereocenters. The van der Waals surface area contributed by atoms with E-state index in [2.05, 4.69) is 20.6 Å². The number of anilines is 1. The molecule has 0 aliphatic rings. The Kier molecular flexibility index (Phi) is 4.09. The van der Waals surface area contributed by atoms with E-state index in [-0.39, 0.29) is 12.5 Å². The van der Waals surface area contributed by atoms with Gasteiger partial charge in [0.25, 0.3) is 5.91 Å². The van der Waals surface area contributed by atoms with Crippen LogP contribution in [-0.2, 0) is 4.79 Å². The molecule has 8 heteroatoms. The van der Waals surface area contributed by atoms with Gasteiger partial charge in [0.15, 0.2) is 6.61 Å². The van der Waals surface area contributed by atoms with Gasteiger partial charge in [0, 0.05) is 11.3 Å². The third kappa shape index (κ3) is 3.48. The van der Waals surface area contributed by atoms with E-state index in [1.165, 1.54) is 11.3 Å². The van der Waals surface area contributed by atoms with Crippen molar-refractivity contribution in [3.8, 4) is 16.3 Å². The molecule has 2 heterocycles. The summed E-state index contributed by atoms with van der Waals surface area (Å²) in [5.74, 6) is 0.435. The molecule has 0 saturated carbocycles. The molecule has 2 aromatic carbocycles. The number of aromatic nitrogens is 4. The molecule has 124 valence electrons. The summed E-state index contributed by atoms with van der Waals surface area (Å²) in [4.78, 5) is 12.8. The maximum atomic E-state index is 12.1. The van der Waals surface area contributed by atoms with Crippen LogP contribution >= 0.6 is 11.3 Å². The first-order valence-electron chi connectivity index (χ1n) is 7.53. The van der Waals surface area contributed by atoms with Gasteiger partial charge in [-0.15, -0.1) is 10.2 Å². The van der Waals surface area contributed by atoms with E-state index < -0.39 is 0 Å². The van der Waals surface area contributed by atoms with Crippen molar-refractivity contribution < 1.29 is 9.53 Å². The van der Waals surface area contributed by atoms with Crippen molar-refractivity contribution in [1.29, 1.82) is 0 Å². The SMILES string of the molecule is O=C(COc1ccccc1)Nc1cccc(-c2nn3cnnc3s2)c1. The van der Waals surface area contributed by atoms with E-state index in [0.717, 1.165) is 15.5 Å². The van der Waals surface area contributed by atoms with Crippen LogP contribution in [0, 0.1) is 0 Å². The van der Waals surface area contributed by atoms with Gasteiger partial charge in [0.2, 0.25) is 4.96 Å². The summed E-state index contributed by atoms with van der Waals surface area (Å²) < 4.78 is 7.07. The average Bonchev–Trinajstić information content (AvgIpc) is 3.23. The van der Waals surface area contributed by atoms with Gasteiger partial charge >= 0.3 is 0 Å². The molecule has 4 aromatic rings. The number of rotatable bonds is 5. The highest BCUT2D eigenvalue weighted by Gasteiger charge is 2.09. The molecule has 0 radical (unpaired) electrons. The van der Waals surface area contributed by atoms with E-state index >= 15 is 0 Å². The Labute approximate surface area is 146 Å². The Hall–Kier alpha value is -3.26. The van der Waals surface area contributed by atoms with Crippen molar-refractivity contribution in [2.45, 2.75) is 0 Å². The van der Waals surface area contributed by atoms with Gasteiger partial charge in [-0.05, 0) is 24.3 Å². The lowest BCUT2D eigenvalue weighted by Gasteiger charge is -2.08. The van der Waals surface area contributed by atoms with E-state index in [1.807, 2.05) is 54.6 Å². The van der Waals surface area contributed by atoms with Gasteiger partial charge < -0.3 is 10.1 Å². The van der Waals surface area contributed by atoms with Gasteiger partial charge in [0.05, 0.1) is 0 Å². The van der Waals surface area contributed by atoms with Gasteiger partial charge in [0.1, 0.15) is 17.1 Å². The molecule has 0 unspecified atom stereocenters. The number of fused-ring (bicyclic) bond motifs is 1. The fraction of sp³-hybridized carbons (Fsp3) is 0.0588. The number of nitrogens with zero attached hydrogens (tertiary/aromatic N) is 4. The Morgan fingerprint density at radius 1 is 1.16 bits per heavy atom. The highest BCUT2D eigenvalue weighted by Crippen LogP contribution is 2.26. The van der Waals surface area contributed by atoms with Crippen molar-refractivity contribution in [1.82, 2.24) is 19.8 Å². The average molecular weight is 351 g/mol. The summed E-state index contributed by atoms with van der Waals surface area (Å²) in [6, 6.07) is 16.7. The lowest BCUT2D eigenvalue weighted by atomic mass is 10.2. The topological polar surface area (TPSA) is 81.4 Å². The van der Waals surface area contributed by atoms with E-state index in [0.29, 0.717) is 11.4 Å². The second-order valence-corrected chi connectivity index (χ2v) is 6.15. The first-order chi connectivity index (χ1) is 12.3. The third-order valence-electron chi connectivity index (χ3n) is 3.39. The molecule has 0 bridgehead atoms. The number of para-hydroxylation sites is 1. The van der Waals surface area contributed by atoms with Crippen molar-refractivity contribution >= 4 is 27.9 Å². The maximum Gasteiger partial charge on any atom is 0.262 e. The van der Waals surface area contributed by atoms with E-state index in [9.17, 15) is 4.79 Å². The fourth-order valence-corrected chi connectivity index (χ4v) is 3.09. The Morgan fingerprint density at radius 2 is 2.04 bits per heavy atom. The van der Waals surface area contributed by atoms with E-state index in [1.54, 1.807) is 10.8 Å². The Morgan fingerprint density at radius 3 is 2.88 bits per heavy atom. The highest BCUT2D eigenvalue weighted by atomic mass is 32.1. The molecule has 4 rings (SSSR count). The monoisotopic (exact) mass is 351 g/mol. The second-order valence-electron chi connectivity index (χ2n) is 5.20. The van der Waals surface area contributed by atoms with Crippen molar-refractivity contribution in [2.24, 2.45) is 0 Å². The Balaban J connectivity index is 1.44. The highest BCUT2D eigenvalue weighted by molar-refractivity contribution is 7.19. The molecule has 7 nitrogen and oxygen atoms in total. The van der Waals surface area contributed by atoms with Gasteiger partial charge in [-0.2, -0.15) is 9.61 Å². The number of hydrogen-bond donors (Lipinski definition) is 1. The normalized spacial score (nSPS) is 10.7. The Bertz CT molecular complexity index is 984. The molecule has 25 heavy (non-hydrogen) atoms. The first kappa shape index (κ1) is 15.3.